The van der Waals surface area contributed by atoms with Crippen LogP contribution in [0.5, 0.6) is 0 Å². The van der Waals surface area contributed by atoms with E-state index < -0.39 is 5.41 Å². The van der Waals surface area contributed by atoms with Crippen LogP contribution in [0.15, 0.2) is 12.7 Å². The average Bonchev–Trinajstić information content (AvgIpc) is 2.44. The van der Waals surface area contributed by atoms with Gasteiger partial charge in [-0.15, -0.1) is 6.58 Å². The van der Waals surface area contributed by atoms with Crippen molar-refractivity contribution in [3.8, 4) is 0 Å². The minimum Gasteiger partial charge on any atom is -0.465 e. The van der Waals surface area contributed by atoms with Crippen molar-refractivity contribution in [3.63, 3.8) is 0 Å². The Kier molecular flexibility index (Phi) is 12.4. The second-order valence-corrected chi connectivity index (χ2v) is 6.69. The number of rotatable bonds is 14. The first-order valence-electron chi connectivity index (χ1n) is 8.82. The molecular weight excluding hydrogens is 260 g/mol. The van der Waals surface area contributed by atoms with E-state index in [1.807, 2.05) is 13.8 Å². The highest BCUT2D eigenvalue weighted by atomic mass is 16.5. The molecule has 0 aromatic rings. The number of hydrogen-bond acceptors (Lipinski definition) is 2. The molecule has 0 aliphatic rings. The van der Waals surface area contributed by atoms with E-state index in [4.69, 9.17) is 4.74 Å². The molecule has 0 aliphatic carbocycles. The maximum absolute atomic E-state index is 11.8. The van der Waals surface area contributed by atoms with Gasteiger partial charge in [0.1, 0.15) is 0 Å². The monoisotopic (exact) mass is 296 g/mol. The summed E-state index contributed by atoms with van der Waals surface area (Å²) in [5, 5.41) is 0. The van der Waals surface area contributed by atoms with E-state index in [9.17, 15) is 4.79 Å². The van der Waals surface area contributed by atoms with Crippen molar-refractivity contribution in [2.45, 2.75) is 91.4 Å². The van der Waals surface area contributed by atoms with Crippen LogP contribution in [0.3, 0.4) is 0 Å². The number of esters is 1. The lowest BCUT2D eigenvalue weighted by atomic mass is 9.90. The van der Waals surface area contributed by atoms with E-state index >= 15 is 0 Å². The Balaban J connectivity index is 3.36. The summed E-state index contributed by atoms with van der Waals surface area (Å²) in [5.41, 5.74) is -0.430. The normalized spacial score (nSPS) is 11.4. The second kappa shape index (κ2) is 12.9. The van der Waals surface area contributed by atoms with Gasteiger partial charge in [0, 0.05) is 0 Å². The highest BCUT2D eigenvalue weighted by Crippen LogP contribution is 2.22. The van der Waals surface area contributed by atoms with Crippen molar-refractivity contribution < 1.29 is 9.53 Å². The number of ether oxygens (including phenoxy) is 1. The second-order valence-electron chi connectivity index (χ2n) is 6.69. The van der Waals surface area contributed by atoms with E-state index in [1.165, 1.54) is 57.8 Å². The standard InChI is InChI=1S/C19H36O2/c1-5-7-8-9-10-11-12-13-14-15-17-21-18(20)19(3,4)16-6-2/h6H,2,5,7-17H2,1,3-4H3. The summed E-state index contributed by atoms with van der Waals surface area (Å²) in [4.78, 5) is 11.8. The predicted octanol–water partition coefficient (Wildman–Crippen LogP) is 6.05. The third kappa shape index (κ3) is 11.5. The quantitative estimate of drug-likeness (QED) is 0.221. The van der Waals surface area contributed by atoms with Crippen LogP contribution in [0.25, 0.3) is 0 Å². The van der Waals surface area contributed by atoms with Gasteiger partial charge in [0.15, 0.2) is 0 Å². The topological polar surface area (TPSA) is 26.3 Å². The molecule has 0 heterocycles. The van der Waals surface area contributed by atoms with Crippen molar-refractivity contribution in [1.29, 1.82) is 0 Å². The molecule has 0 spiro atoms. The van der Waals surface area contributed by atoms with E-state index in [-0.39, 0.29) is 5.97 Å². The lowest BCUT2D eigenvalue weighted by Gasteiger charge is -2.20. The van der Waals surface area contributed by atoms with Crippen molar-refractivity contribution in [2.75, 3.05) is 6.61 Å². The van der Waals surface area contributed by atoms with Crippen molar-refractivity contribution in [2.24, 2.45) is 5.41 Å². The number of allylic oxidation sites excluding steroid dienone is 1. The molecule has 0 saturated heterocycles. The lowest BCUT2D eigenvalue weighted by Crippen LogP contribution is -2.26. The summed E-state index contributed by atoms with van der Waals surface area (Å²) in [5.74, 6) is -0.0988. The minimum atomic E-state index is -0.430. The van der Waals surface area contributed by atoms with Gasteiger partial charge < -0.3 is 4.74 Å². The van der Waals surface area contributed by atoms with Gasteiger partial charge in [0.05, 0.1) is 12.0 Å². The van der Waals surface area contributed by atoms with Gasteiger partial charge >= 0.3 is 5.97 Å². The fraction of sp³-hybridized carbons (Fsp3) is 0.842. The number of carbonyl (C=O) groups is 1. The zero-order valence-corrected chi connectivity index (χ0v) is 14.6. The minimum absolute atomic E-state index is 0.0988. The molecule has 0 N–H and O–H groups in total. The molecule has 2 heteroatoms. The van der Waals surface area contributed by atoms with Crippen molar-refractivity contribution in [1.82, 2.24) is 0 Å². The molecular formula is C19H36O2. The maximum atomic E-state index is 11.8. The van der Waals surface area contributed by atoms with E-state index in [2.05, 4.69) is 13.5 Å². The molecule has 0 radical (unpaired) electrons. The predicted molar refractivity (Wildman–Crippen MR) is 91.4 cm³/mol. The van der Waals surface area contributed by atoms with E-state index in [1.54, 1.807) is 6.08 Å². The SMILES string of the molecule is C=CCC(C)(C)C(=O)OCCCCCCCCCCCC. The molecule has 21 heavy (non-hydrogen) atoms. The highest BCUT2D eigenvalue weighted by molar-refractivity contribution is 5.76. The summed E-state index contributed by atoms with van der Waals surface area (Å²) < 4.78 is 5.34. The van der Waals surface area contributed by atoms with Crippen LogP contribution in [-0.2, 0) is 9.53 Å². The average molecular weight is 296 g/mol. The van der Waals surface area contributed by atoms with E-state index in [0.717, 1.165) is 6.42 Å². The van der Waals surface area contributed by atoms with Crippen LogP contribution in [0.2, 0.25) is 0 Å². The summed E-state index contributed by atoms with van der Waals surface area (Å²) in [6.45, 7) is 10.3. The van der Waals surface area contributed by atoms with Gasteiger partial charge in [-0.1, -0.05) is 70.8 Å². The van der Waals surface area contributed by atoms with Crippen LogP contribution in [0, 0.1) is 5.41 Å². The fourth-order valence-electron chi connectivity index (χ4n) is 2.39. The van der Waals surface area contributed by atoms with E-state index in [0.29, 0.717) is 13.0 Å². The molecule has 0 aliphatic heterocycles. The summed E-state index contributed by atoms with van der Waals surface area (Å²) in [7, 11) is 0. The van der Waals surface area contributed by atoms with Crippen molar-refractivity contribution in [3.05, 3.63) is 12.7 Å². The smallest absolute Gasteiger partial charge is 0.311 e. The maximum Gasteiger partial charge on any atom is 0.311 e. The van der Waals surface area contributed by atoms with Crippen LogP contribution < -0.4 is 0 Å². The Morgan fingerprint density at radius 2 is 1.43 bits per heavy atom. The van der Waals surface area contributed by atoms with Gasteiger partial charge in [-0.2, -0.15) is 0 Å². The van der Waals surface area contributed by atoms with Crippen LogP contribution in [0.1, 0.15) is 91.4 Å². The number of unbranched alkanes of at least 4 members (excludes halogenated alkanes) is 9. The van der Waals surface area contributed by atoms with Gasteiger partial charge in [0.2, 0.25) is 0 Å². The van der Waals surface area contributed by atoms with Gasteiger partial charge in [0.25, 0.3) is 0 Å². The van der Waals surface area contributed by atoms with Gasteiger partial charge in [-0.25, -0.2) is 0 Å². The van der Waals surface area contributed by atoms with Crippen molar-refractivity contribution >= 4 is 5.97 Å². The Morgan fingerprint density at radius 3 is 1.90 bits per heavy atom. The van der Waals surface area contributed by atoms with Crippen LogP contribution in [0.4, 0.5) is 0 Å². The Bertz CT molecular complexity index is 269. The first kappa shape index (κ1) is 20.2. The molecule has 0 bridgehead atoms. The number of carbonyl (C=O) groups excluding carboxylic acids is 1. The van der Waals surface area contributed by atoms with Crippen LogP contribution in [-0.4, -0.2) is 12.6 Å². The molecule has 0 aromatic carbocycles. The summed E-state index contributed by atoms with van der Waals surface area (Å²) >= 11 is 0. The molecule has 124 valence electrons. The molecule has 0 amide bonds. The third-order valence-electron chi connectivity index (χ3n) is 3.94. The first-order chi connectivity index (χ1) is 10.0. The Morgan fingerprint density at radius 1 is 0.952 bits per heavy atom. The zero-order valence-electron chi connectivity index (χ0n) is 14.6. The molecule has 0 unspecified atom stereocenters. The molecule has 0 aromatic heterocycles. The molecule has 2 nitrogen and oxygen atoms in total. The fourth-order valence-corrected chi connectivity index (χ4v) is 2.39. The summed E-state index contributed by atoms with van der Waals surface area (Å²) in [6, 6.07) is 0. The summed E-state index contributed by atoms with van der Waals surface area (Å²) in [6.07, 6.45) is 15.4. The number of hydrogen-bond donors (Lipinski definition) is 0. The molecule has 0 rings (SSSR count). The molecule has 0 atom stereocenters. The largest absolute Gasteiger partial charge is 0.465 e. The highest BCUT2D eigenvalue weighted by Gasteiger charge is 2.27. The molecule has 0 saturated carbocycles. The zero-order chi connectivity index (χ0) is 16.0. The first-order valence-corrected chi connectivity index (χ1v) is 8.82. The lowest BCUT2D eigenvalue weighted by molar-refractivity contribution is -0.153. The Labute approximate surface area is 132 Å². The van der Waals surface area contributed by atoms with Gasteiger partial charge in [-0.3, -0.25) is 4.79 Å². The Hall–Kier alpha value is -0.790. The van der Waals surface area contributed by atoms with Gasteiger partial charge in [-0.05, 0) is 26.7 Å². The molecule has 0 fully saturated rings. The third-order valence-corrected chi connectivity index (χ3v) is 3.94. The van der Waals surface area contributed by atoms with Crippen LogP contribution >= 0.6 is 0 Å².